The van der Waals surface area contributed by atoms with Gasteiger partial charge in [0.25, 0.3) is 0 Å². The van der Waals surface area contributed by atoms with Gasteiger partial charge in [-0.1, -0.05) is 0 Å². The molecule has 0 aliphatic carbocycles. The molecule has 0 spiro atoms. The fourth-order valence-electron chi connectivity index (χ4n) is 1.29. The fraction of sp³-hybridized carbons (Fsp3) is 0. The Bertz CT molecular complexity index is 446. The van der Waals surface area contributed by atoms with Gasteiger partial charge in [0, 0.05) is 5.39 Å². The van der Waals surface area contributed by atoms with Gasteiger partial charge in [-0.2, -0.15) is 5.10 Å². The van der Waals surface area contributed by atoms with Crippen molar-refractivity contribution in [3.05, 3.63) is 23.8 Å². The Kier molecular flexibility index (Phi) is 1.04. The summed E-state index contributed by atoms with van der Waals surface area (Å²) in [7, 11) is 0. The van der Waals surface area contributed by atoms with E-state index in [-0.39, 0.29) is 0 Å². The van der Waals surface area contributed by atoms with Crippen LogP contribution in [-0.2, 0) is 0 Å². The maximum absolute atomic E-state index is 4.22. The molecule has 0 unspecified atom stereocenters. The summed E-state index contributed by atoms with van der Waals surface area (Å²) in [5.41, 5.74) is 3.95. The SMILES string of the molecule is c1nc2cc3[nH]ncc3cc2s1. The van der Waals surface area contributed by atoms with E-state index < -0.39 is 0 Å². The molecule has 0 saturated heterocycles. The largest absolute Gasteiger partial charge is 0.278 e. The summed E-state index contributed by atoms with van der Waals surface area (Å²) in [5.74, 6) is 0. The van der Waals surface area contributed by atoms with Crippen LogP contribution in [0.25, 0.3) is 21.1 Å². The van der Waals surface area contributed by atoms with E-state index in [0.29, 0.717) is 0 Å². The second-order valence-corrected chi connectivity index (χ2v) is 3.52. The monoisotopic (exact) mass is 175 g/mol. The molecule has 0 aliphatic heterocycles. The van der Waals surface area contributed by atoms with Crippen LogP contribution in [0, 0.1) is 0 Å². The number of benzene rings is 1. The molecule has 0 saturated carbocycles. The lowest BCUT2D eigenvalue weighted by molar-refractivity contribution is 1.12. The van der Waals surface area contributed by atoms with E-state index in [1.54, 1.807) is 11.3 Å². The number of H-pyrrole nitrogens is 1. The first kappa shape index (κ1) is 6.14. The molecular weight excluding hydrogens is 170 g/mol. The number of nitrogens with one attached hydrogen (secondary N) is 1. The smallest absolute Gasteiger partial charge is 0.0833 e. The Morgan fingerprint density at radius 3 is 3.33 bits per heavy atom. The van der Waals surface area contributed by atoms with Gasteiger partial charge < -0.3 is 0 Å². The summed E-state index contributed by atoms with van der Waals surface area (Å²) in [5, 5.41) is 8.02. The second-order valence-electron chi connectivity index (χ2n) is 2.63. The van der Waals surface area contributed by atoms with Gasteiger partial charge >= 0.3 is 0 Å². The van der Waals surface area contributed by atoms with E-state index in [9.17, 15) is 0 Å². The predicted molar refractivity (Wildman–Crippen MR) is 49.3 cm³/mol. The van der Waals surface area contributed by atoms with Crippen molar-refractivity contribution in [2.45, 2.75) is 0 Å². The summed E-state index contributed by atoms with van der Waals surface area (Å²) >= 11 is 1.65. The number of aromatic amines is 1. The molecule has 1 N–H and O–H groups in total. The molecule has 3 rings (SSSR count). The number of thiazole rings is 1. The molecule has 58 valence electrons. The van der Waals surface area contributed by atoms with Gasteiger partial charge in [-0.25, -0.2) is 4.98 Å². The van der Waals surface area contributed by atoms with E-state index in [4.69, 9.17) is 0 Å². The molecule has 12 heavy (non-hydrogen) atoms. The van der Waals surface area contributed by atoms with Crippen LogP contribution >= 0.6 is 11.3 Å². The van der Waals surface area contributed by atoms with E-state index in [0.717, 1.165) is 16.4 Å². The third kappa shape index (κ3) is 0.698. The number of hydrogen-bond donors (Lipinski definition) is 1. The standard InChI is InChI=1S/C8H5N3S/c1-5-3-10-11-6(5)2-7-8(1)12-4-9-7/h1-4H,(H,10,11). The average Bonchev–Trinajstić information content (AvgIpc) is 2.64. The van der Waals surface area contributed by atoms with Gasteiger partial charge in [-0.05, 0) is 12.1 Å². The Morgan fingerprint density at radius 2 is 2.33 bits per heavy atom. The summed E-state index contributed by atoms with van der Waals surface area (Å²) in [6.45, 7) is 0. The van der Waals surface area contributed by atoms with Gasteiger partial charge in [0.05, 0.1) is 27.4 Å². The first-order valence-corrected chi connectivity index (χ1v) is 4.48. The fourth-order valence-corrected chi connectivity index (χ4v) is 2.00. The molecule has 0 bridgehead atoms. The van der Waals surface area contributed by atoms with Crippen LogP contribution in [0.15, 0.2) is 23.8 Å². The zero-order valence-corrected chi connectivity index (χ0v) is 6.93. The van der Waals surface area contributed by atoms with Crippen molar-refractivity contribution < 1.29 is 0 Å². The van der Waals surface area contributed by atoms with Gasteiger partial charge in [0.1, 0.15) is 0 Å². The van der Waals surface area contributed by atoms with E-state index in [1.807, 2.05) is 17.8 Å². The van der Waals surface area contributed by atoms with Crippen LogP contribution in [0.3, 0.4) is 0 Å². The number of hydrogen-bond acceptors (Lipinski definition) is 3. The lowest BCUT2D eigenvalue weighted by Gasteiger charge is -1.87. The normalized spacial score (nSPS) is 11.3. The van der Waals surface area contributed by atoms with E-state index in [1.165, 1.54) is 4.70 Å². The summed E-state index contributed by atoms with van der Waals surface area (Å²) in [6, 6.07) is 4.12. The highest BCUT2D eigenvalue weighted by Gasteiger charge is 2.00. The zero-order valence-electron chi connectivity index (χ0n) is 6.11. The van der Waals surface area contributed by atoms with Crippen LogP contribution in [0.2, 0.25) is 0 Å². The first-order valence-electron chi connectivity index (χ1n) is 3.60. The molecule has 1 aromatic carbocycles. The van der Waals surface area contributed by atoms with Crippen molar-refractivity contribution in [3.63, 3.8) is 0 Å². The highest BCUT2D eigenvalue weighted by Crippen LogP contribution is 2.22. The Morgan fingerprint density at radius 1 is 1.33 bits per heavy atom. The molecule has 3 aromatic rings. The second kappa shape index (κ2) is 2.04. The van der Waals surface area contributed by atoms with Gasteiger partial charge in [-0.15, -0.1) is 11.3 Å². The number of aromatic nitrogens is 3. The summed E-state index contributed by atoms with van der Waals surface area (Å²) in [6.07, 6.45) is 1.83. The Hall–Kier alpha value is -1.42. The third-order valence-corrected chi connectivity index (χ3v) is 2.68. The average molecular weight is 175 g/mol. The maximum Gasteiger partial charge on any atom is 0.0833 e. The van der Waals surface area contributed by atoms with E-state index in [2.05, 4.69) is 21.2 Å². The van der Waals surface area contributed by atoms with Crippen molar-refractivity contribution in [2.24, 2.45) is 0 Å². The van der Waals surface area contributed by atoms with Gasteiger partial charge in [0.2, 0.25) is 0 Å². The molecule has 0 amide bonds. The van der Waals surface area contributed by atoms with Gasteiger partial charge in [-0.3, -0.25) is 5.10 Å². The highest BCUT2D eigenvalue weighted by atomic mass is 32.1. The van der Waals surface area contributed by atoms with Crippen molar-refractivity contribution in [1.82, 2.24) is 15.2 Å². The Balaban J connectivity index is 2.62. The Labute approximate surface area is 72.1 Å². The molecule has 2 heterocycles. The predicted octanol–water partition coefficient (Wildman–Crippen LogP) is 2.17. The van der Waals surface area contributed by atoms with Crippen LogP contribution in [0.4, 0.5) is 0 Å². The van der Waals surface area contributed by atoms with Crippen LogP contribution in [-0.4, -0.2) is 15.2 Å². The molecule has 3 nitrogen and oxygen atoms in total. The minimum Gasteiger partial charge on any atom is -0.278 e. The molecule has 0 radical (unpaired) electrons. The summed E-state index contributed by atoms with van der Waals surface area (Å²) in [4.78, 5) is 4.22. The zero-order chi connectivity index (χ0) is 7.97. The minimum atomic E-state index is 1.04. The number of rotatable bonds is 0. The molecule has 0 aliphatic rings. The maximum atomic E-state index is 4.22. The quantitative estimate of drug-likeness (QED) is 0.569. The van der Waals surface area contributed by atoms with Crippen molar-refractivity contribution in [1.29, 1.82) is 0 Å². The first-order chi connectivity index (χ1) is 5.93. The number of fused-ring (bicyclic) bond motifs is 2. The van der Waals surface area contributed by atoms with Crippen molar-refractivity contribution >= 4 is 32.5 Å². The van der Waals surface area contributed by atoms with Crippen molar-refractivity contribution in [2.75, 3.05) is 0 Å². The van der Waals surface area contributed by atoms with Crippen LogP contribution in [0.1, 0.15) is 0 Å². The van der Waals surface area contributed by atoms with Gasteiger partial charge in [0.15, 0.2) is 0 Å². The van der Waals surface area contributed by atoms with Crippen LogP contribution < -0.4 is 0 Å². The topological polar surface area (TPSA) is 41.6 Å². The van der Waals surface area contributed by atoms with E-state index >= 15 is 0 Å². The molecule has 0 fully saturated rings. The van der Waals surface area contributed by atoms with Crippen LogP contribution in [0.5, 0.6) is 0 Å². The number of nitrogens with zero attached hydrogens (tertiary/aromatic N) is 2. The summed E-state index contributed by atoms with van der Waals surface area (Å²) < 4.78 is 1.21. The molecule has 4 heteroatoms. The molecule has 2 aromatic heterocycles. The molecular formula is C8H5N3S. The molecule has 0 atom stereocenters. The lowest BCUT2D eigenvalue weighted by Crippen LogP contribution is -1.69. The van der Waals surface area contributed by atoms with Crippen molar-refractivity contribution in [3.8, 4) is 0 Å². The third-order valence-electron chi connectivity index (χ3n) is 1.89. The highest BCUT2D eigenvalue weighted by molar-refractivity contribution is 7.16. The minimum absolute atomic E-state index is 1.04. The lowest BCUT2D eigenvalue weighted by atomic mass is 10.2.